The Labute approximate surface area is 223 Å². The van der Waals surface area contributed by atoms with Crippen LogP contribution in [0.4, 0.5) is 11.5 Å². The predicted molar refractivity (Wildman–Crippen MR) is 144 cm³/mol. The number of piperidine rings is 1. The number of nitrogens with zero attached hydrogens (tertiary/aromatic N) is 2. The highest BCUT2D eigenvalue weighted by molar-refractivity contribution is 7.91. The molecule has 9 nitrogen and oxygen atoms in total. The van der Waals surface area contributed by atoms with Crippen molar-refractivity contribution in [3.05, 3.63) is 71.1 Å². The van der Waals surface area contributed by atoms with Crippen molar-refractivity contribution in [2.45, 2.75) is 24.7 Å². The van der Waals surface area contributed by atoms with Gasteiger partial charge in [0.25, 0.3) is 11.8 Å². The zero-order chi connectivity index (χ0) is 26.2. The third-order valence-corrected chi connectivity index (χ3v) is 7.36. The highest BCUT2D eigenvalue weighted by Gasteiger charge is 2.22. The van der Waals surface area contributed by atoms with Crippen molar-refractivity contribution in [3.8, 4) is 5.75 Å². The number of ether oxygens (including phenoxy) is 1. The standard InChI is InChI=1S/C26H28ClN5O4S/c1-2-37(35)19-8-9-20(22(13-19)36-16-17-5-3-11-28-14-17)25(33)31-21-6-4-12-29-24(21)26(34)32-23-10-7-18(27)15-30-23/h4,6-10,12-13,15,17,28H,2-3,5,11,14,16H2,1H3,(H,31,33)(H,30,32,34). The number of benzene rings is 1. The van der Waals surface area contributed by atoms with E-state index in [4.69, 9.17) is 16.3 Å². The summed E-state index contributed by atoms with van der Waals surface area (Å²) in [6.45, 7) is 4.10. The average molecular weight is 542 g/mol. The van der Waals surface area contributed by atoms with E-state index in [1.807, 2.05) is 6.92 Å². The van der Waals surface area contributed by atoms with E-state index < -0.39 is 23.0 Å². The monoisotopic (exact) mass is 541 g/mol. The first-order valence-electron chi connectivity index (χ1n) is 12.0. The van der Waals surface area contributed by atoms with Gasteiger partial charge < -0.3 is 25.2 Å². The van der Waals surface area contributed by atoms with E-state index in [9.17, 15) is 14.1 Å². The summed E-state index contributed by atoms with van der Waals surface area (Å²) in [5.74, 6) is 0.402. The maximum absolute atomic E-state index is 13.3. The largest absolute Gasteiger partial charge is 0.611 e. The Morgan fingerprint density at radius 3 is 2.78 bits per heavy atom. The molecule has 3 aromatic rings. The molecule has 1 aliphatic rings. The van der Waals surface area contributed by atoms with Gasteiger partial charge in [-0.3, -0.25) is 9.59 Å². The molecule has 11 heteroatoms. The van der Waals surface area contributed by atoms with Crippen LogP contribution in [0.25, 0.3) is 0 Å². The lowest BCUT2D eigenvalue weighted by atomic mass is 10.0. The van der Waals surface area contributed by atoms with Crippen LogP contribution >= 0.6 is 11.6 Å². The summed E-state index contributed by atoms with van der Waals surface area (Å²) >= 11 is 4.65. The predicted octanol–water partition coefficient (Wildman–Crippen LogP) is 4.14. The minimum atomic E-state index is -1.20. The van der Waals surface area contributed by atoms with Gasteiger partial charge in [0.2, 0.25) is 0 Å². The first-order chi connectivity index (χ1) is 17.9. The van der Waals surface area contributed by atoms with Gasteiger partial charge in [-0.25, -0.2) is 9.97 Å². The molecule has 0 aliphatic carbocycles. The molecule has 1 aliphatic heterocycles. The molecule has 2 amide bonds. The summed E-state index contributed by atoms with van der Waals surface area (Å²) in [7, 11) is 0. The number of hydrogen-bond acceptors (Lipinski definition) is 7. The SMILES string of the molecule is CC[S+]([O-])c1ccc(C(=O)Nc2cccnc2C(=O)Nc2ccc(Cl)cn2)c(OCC2CCCNC2)c1. The topological polar surface area (TPSA) is 128 Å². The van der Waals surface area contributed by atoms with Crippen LogP contribution < -0.4 is 20.7 Å². The van der Waals surface area contributed by atoms with Crippen molar-refractivity contribution >= 4 is 46.1 Å². The second kappa shape index (κ2) is 12.9. The number of pyridine rings is 2. The van der Waals surface area contributed by atoms with Gasteiger partial charge in [0.1, 0.15) is 17.3 Å². The zero-order valence-electron chi connectivity index (χ0n) is 20.3. The van der Waals surface area contributed by atoms with Gasteiger partial charge in [0.15, 0.2) is 10.6 Å². The molecule has 1 fully saturated rings. The lowest BCUT2D eigenvalue weighted by Gasteiger charge is -2.23. The molecule has 1 saturated heterocycles. The summed E-state index contributed by atoms with van der Waals surface area (Å²) < 4.78 is 18.5. The highest BCUT2D eigenvalue weighted by atomic mass is 35.5. The number of nitrogens with one attached hydrogen (secondary N) is 3. The van der Waals surface area contributed by atoms with Gasteiger partial charge in [-0.05, 0) is 73.9 Å². The summed E-state index contributed by atoms with van der Waals surface area (Å²) in [6, 6.07) is 11.3. The third kappa shape index (κ3) is 7.20. The molecular weight excluding hydrogens is 514 g/mol. The van der Waals surface area contributed by atoms with Crippen LogP contribution in [-0.4, -0.2) is 51.8 Å². The fourth-order valence-corrected chi connectivity index (χ4v) is 4.80. The smallest absolute Gasteiger partial charge is 0.277 e. The van der Waals surface area contributed by atoms with Crippen molar-refractivity contribution in [2.24, 2.45) is 5.92 Å². The van der Waals surface area contributed by atoms with E-state index in [1.165, 1.54) is 12.4 Å². The van der Waals surface area contributed by atoms with Crippen LogP contribution in [0, 0.1) is 5.92 Å². The first-order valence-corrected chi connectivity index (χ1v) is 13.7. The Balaban J connectivity index is 1.54. The van der Waals surface area contributed by atoms with E-state index in [0.717, 1.165) is 25.9 Å². The Morgan fingerprint density at radius 2 is 2.05 bits per heavy atom. The van der Waals surface area contributed by atoms with Gasteiger partial charge in [0.05, 0.1) is 22.9 Å². The van der Waals surface area contributed by atoms with E-state index >= 15 is 0 Å². The maximum Gasteiger partial charge on any atom is 0.277 e. The van der Waals surface area contributed by atoms with Crippen LogP contribution in [0.1, 0.15) is 40.6 Å². The van der Waals surface area contributed by atoms with Crippen LogP contribution in [-0.2, 0) is 11.2 Å². The summed E-state index contributed by atoms with van der Waals surface area (Å²) in [4.78, 5) is 35.0. The first kappa shape index (κ1) is 26.9. The highest BCUT2D eigenvalue weighted by Crippen LogP contribution is 2.27. The summed E-state index contributed by atoms with van der Waals surface area (Å²) in [6.07, 6.45) is 4.98. The van der Waals surface area contributed by atoms with Crippen molar-refractivity contribution in [3.63, 3.8) is 0 Å². The molecule has 2 aromatic heterocycles. The summed E-state index contributed by atoms with van der Waals surface area (Å²) in [5.41, 5.74) is 0.518. The quantitative estimate of drug-likeness (QED) is 0.347. The average Bonchev–Trinajstić information content (AvgIpc) is 2.93. The Hall–Kier alpha value is -3.18. The number of aromatic nitrogens is 2. The van der Waals surface area contributed by atoms with Gasteiger partial charge in [-0.2, -0.15) is 0 Å². The lowest BCUT2D eigenvalue weighted by molar-refractivity contribution is 0.102. The fourth-order valence-electron chi connectivity index (χ4n) is 3.89. The van der Waals surface area contributed by atoms with Gasteiger partial charge >= 0.3 is 0 Å². The van der Waals surface area contributed by atoms with Crippen molar-refractivity contribution in [1.29, 1.82) is 0 Å². The molecule has 0 spiro atoms. The lowest BCUT2D eigenvalue weighted by Crippen LogP contribution is -2.33. The number of anilines is 2. The van der Waals surface area contributed by atoms with Crippen molar-refractivity contribution in [2.75, 3.05) is 36.1 Å². The molecule has 4 rings (SSSR count). The molecule has 194 valence electrons. The zero-order valence-corrected chi connectivity index (χ0v) is 21.9. The summed E-state index contributed by atoms with van der Waals surface area (Å²) in [5, 5.41) is 9.21. The Kier molecular flexibility index (Phi) is 9.34. The third-order valence-electron chi connectivity index (χ3n) is 5.84. The number of rotatable bonds is 9. The van der Waals surface area contributed by atoms with Crippen LogP contribution in [0.5, 0.6) is 5.75 Å². The normalized spacial score (nSPS) is 16.0. The molecular formula is C26H28ClN5O4S. The van der Waals surface area contributed by atoms with Gasteiger partial charge in [-0.15, -0.1) is 0 Å². The fraction of sp³-hybridized carbons (Fsp3) is 0.308. The van der Waals surface area contributed by atoms with Gasteiger partial charge in [0, 0.05) is 30.9 Å². The minimum Gasteiger partial charge on any atom is -0.611 e. The van der Waals surface area contributed by atoms with E-state index in [1.54, 1.807) is 42.5 Å². The molecule has 3 N–H and O–H groups in total. The van der Waals surface area contributed by atoms with Crippen molar-refractivity contribution < 1.29 is 18.9 Å². The Morgan fingerprint density at radius 1 is 1.19 bits per heavy atom. The second-order valence-electron chi connectivity index (χ2n) is 8.49. The van der Waals surface area contributed by atoms with Gasteiger partial charge in [-0.1, -0.05) is 11.6 Å². The molecule has 3 heterocycles. The molecule has 2 unspecified atom stereocenters. The molecule has 1 aromatic carbocycles. The number of carbonyl (C=O) groups is 2. The van der Waals surface area contributed by atoms with Crippen LogP contribution in [0.15, 0.2) is 59.8 Å². The molecule has 37 heavy (non-hydrogen) atoms. The molecule has 0 saturated carbocycles. The number of amides is 2. The van der Waals surface area contributed by atoms with Crippen molar-refractivity contribution in [1.82, 2.24) is 15.3 Å². The number of halogens is 1. The number of hydrogen-bond donors (Lipinski definition) is 3. The van der Waals surface area contributed by atoms with E-state index in [-0.39, 0.29) is 16.9 Å². The van der Waals surface area contributed by atoms with E-state index in [0.29, 0.717) is 39.8 Å². The van der Waals surface area contributed by atoms with E-state index in [2.05, 4.69) is 25.9 Å². The minimum absolute atomic E-state index is 0.0204. The maximum atomic E-state index is 13.3. The van der Waals surface area contributed by atoms with Crippen LogP contribution in [0.3, 0.4) is 0 Å². The second-order valence-corrected chi connectivity index (χ2v) is 10.7. The molecule has 2 atom stereocenters. The molecule has 0 radical (unpaired) electrons. The molecule has 0 bridgehead atoms. The number of carbonyl (C=O) groups excluding carboxylic acids is 2. The Bertz CT molecular complexity index is 1240. The van der Waals surface area contributed by atoms with Crippen LogP contribution in [0.2, 0.25) is 5.02 Å².